The first-order valence-electron chi connectivity index (χ1n) is 5.38. The maximum atomic E-state index is 12.3. The van der Waals surface area contributed by atoms with Crippen LogP contribution in [0, 0.1) is 5.92 Å². The number of hydrogen-bond acceptors (Lipinski definition) is 5. The molecule has 0 aromatic heterocycles. The first-order valence-corrected chi connectivity index (χ1v) is 6.99. The van der Waals surface area contributed by atoms with Gasteiger partial charge in [0.25, 0.3) is 0 Å². The van der Waals surface area contributed by atoms with Gasteiger partial charge in [0.05, 0.1) is 18.7 Å². The fourth-order valence-electron chi connectivity index (χ4n) is 2.26. The lowest BCUT2D eigenvalue weighted by atomic mass is 9.89. The summed E-state index contributed by atoms with van der Waals surface area (Å²) < 4.78 is 27.0. The highest BCUT2D eigenvalue weighted by molar-refractivity contribution is 7.54. The van der Waals surface area contributed by atoms with E-state index in [2.05, 4.69) is 0 Å². The van der Waals surface area contributed by atoms with Crippen molar-refractivity contribution >= 4 is 13.6 Å². The Morgan fingerprint density at radius 1 is 1.12 bits per heavy atom. The molecule has 16 heavy (non-hydrogen) atoms. The molecule has 1 aliphatic rings. The summed E-state index contributed by atoms with van der Waals surface area (Å²) in [6.45, 7) is 0. The summed E-state index contributed by atoms with van der Waals surface area (Å²) in [5, 5.41) is 0. The highest BCUT2D eigenvalue weighted by atomic mass is 31.2. The zero-order valence-corrected chi connectivity index (χ0v) is 10.9. The van der Waals surface area contributed by atoms with Gasteiger partial charge in [-0.25, -0.2) is 0 Å². The van der Waals surface area contributed by atoms with Crippen molar-refractivity contribution in [3.05, 3.63) is 0 Å². The fraction of sp³-hybridized carbons (Fsp3) is 0.900. The van der Waals surface area contributed by atoms with Crippen molar-refractivity contribution in [1.29, 1.82) is 0 Å². The van der Waals surface area contributed by atoms with E-state index >= 15 is 0 Å². The van der Waals surface area contributed by atoms with E-state index in [1.54, 1.807) is 0 Å². The molecule has 1 rings (SSSR count). The lowest BCUT2D eigenvalue weighted by molar-refractivity contribution is -0.146. The quantitative estimate of drug-likeness (QED) is 0.565. The number of ether oxygens (including phenoxy) is 1. The third kappa shape index (κ3) is 2.65. The molecule has 0 amide bonds. The summed E-state index contributed by atoms with van der Waals surface area (Å²) in [4.78, 5) is 11.6. The summed E-state index contributed by atoms with van der Waals surface area (Å²) in [5.41, 5.74) is -0.372. The van der Waals surface area contributed by atoms with Gasteiger partial charge in [-0.2, -0.15) is 0 Å². The molecule has 1 fully saturated rings. The molecule has 2 unspecified atom stereocenters. The van der Waals surface area contributed by atoms with Crippen LogP contribution in [0.5, 0.6) is 0 Å². The van der Waals surface area contributed by atoms with E-state index in [-0.39, 0.29) is 17.5 Å². The van der Waals surface area contributed by atoms with Crippen molar-refractivity contribution in [2.45, 2.75) is 31.3 Å². The van der Waals surface area contributed by atoms with Gasteiger partial charge in [0.15, 0.2) is 0 Å². The van der Waals surface area contributed by atoms with E-state index in [9.17, 15) is 9.36 Å². The van der Waals surface area contributed by atoms with E-state index in [0.717, 1.165) is 12.8 Å². The Bertz CT molecular complexity index is 283. The monoisotopic (exact) mass is 250 g/mol. The summed E-state index contributed by atoms with van der Waals surface area (Å²) >= 11 is 0. The Hall–Kier alpha value is -0.380. The summed E-state index contributed by atoms with van der Waals surface area (Å²) in [6, 6.07) is 0. The van der Waals surface area contributed by atoms with Crippen LogP contribution in [-0.2, 0) is 23.1 Å². The van der Waals surface area contributed by atoms with Crippen LogP contribution in [0.1, 0.15) is 25.7 Å². The molecule has 0 aromatic rings. The van der Waals surface area contributed by atoms with Crippen LogP contribution >= 0.6 is 7.60 Å². The Morgan fingerprint density at radius 2 is 1.69 bits per heavy atom. The molecule has 6 heteroatoms. The van der Waals surface area contributed by atoms with Crippen molar-refractivity contribution < 1.29 is 23.1 Å². The molecule has 0 bridgehead atoms. The van der Waals surface area contributed by atoms with Gasteiger partial charge >= 0.3 is 13.6 Å². The summed E-state index contributed by atoms with van der Waals surface area (Å²) in [5.74, 6) is -0.691. The molecule has 0 spiro atoms. The van der Waals surface area contributed by atoms with Crippen molar-refractivity contribution in [3.63, 3.8) is 0 Å². The van der Waals surface area contributed by atoms with Gasteiger partial charge in [-0.05, 0) is 12.8 Å². The van der Waals surface area contributed by atoms with E-state index in [1.165, 1.54) is 21.3 Å². The van der Waals surface area contributed by atoms with Gasteiger partial charge in [-0.1, -0.05) is 12.8 Å². The summed E-state index contributed by atoms with van der Waals surface area (Å²) in [7, 11) is 0.874. The van der Waals surface area contributed by atoms with Gasteiger partial charge < -0.3 is 13.8 Å². The molecule has 1 saturated carbocycles. The predicted molar refractivity (Wildman–Crippen MR) is 59.4 cm³/mol. The minimum atomic E-state index is -3.18. The molecule has 94 valence electrons. The molecule has 0 saturated heterocycles. The second-order valence-corrected chi connectivity index (χ2v) is 6.36. The second kappa shape index (κ2) is 5.80. The highest BCUT2D eigenvalue weighted by Crippen LogP contribution is 2.58. The molecular weight excluding hydrogens is 231 g/mol. The zero-order valence-electron chi connectivity index (χ0n) is 9.97. The van der Waals surface area contributed by atoms with Crippen LogP contribution in [0.2, 0.25) is 0 Å². The molecule has 0 aliphatic heterocycles. The highest BCUT2D eigenvalue weighted by Gasteiger charge is 2.44. The molecule has 1 aliphatic carbocycles. The van der Waals surface area contributed by atoms with Crippen LogP contribution in [0.25, 0.3) is 0 Å². The van der Waals surface area contributed by atoms with Gasteiger partial charge in [0.1, 0.15) is 0 Å². The number of rotatable bonds is 4. The number of carbonyl (C=O) groups is 1. The van der Waals surface area contributed by atoms with Gasteiger partial charge in [-0.3, -0.25) is 9.36 Å². The van der Waals surface area contributed by atoms with Crippen LogP contribution in [0.15, 0.2) is 0 Å². The largest absolute Gasteiger partial charge is 0.469 e. The first-order chi connectivity index (χ1) is 7.59. The zero-order chi connectivity index (χ0) is 12.2. The minimum Gasteiger partial charge on any atom is -0.469 e. The third-order valence-corrected chi connectivity index (χ3v) is 5.60. The van der Waals surface area contributed by atoms with E-state index in [1.807, 2.05) is 0 Å². The van der Waals surface area contributed by atoms with Crippen molar-refractivity contribution in [2.24, 2.45) is 5.92 Å². The maximum absolute atomic E-state index is 12.3. The average Bonchev–Trinajstić information content (AvgIpc) is 2.37. The Balaban J connectivity index is 2.89. The van der Waals surface area contributed by atoms with Crippen LogP contribution in [-0.4, -0.2) is 33.0 Å². The first kappa shape index (κ1) is 13.7. The Labute approximate surface area is 96.0 Å². The molecule has 0 aromatic carbocycles. The third-order valence-electron chi connectivity index (χ3n) is 3.15. The standard InChI is InChI=1S/C10H19O5P/c1-13-10(11)8-6-4-5-7-9(8)16(12,14-2)15-3/h8-9H,4-7H2,1-3H3. The molecule has 0 radical (unpaired) electrons. The minimum absolute atomic E-state index is 0.320. The number of carbonyl (C=O) groups excluding carboxylic acids is 1. The average molecular weight is 250 g/mol. The number of hydrogen-bond donors (Lipinski definition) is 0. The molecule has 5 nitrogen and oxygen atoms in total. The topological polar surface area (TPSA) is 61.8 Å². The molecule has 0 heterocycles. The Kier molecular flexibility index (Phi) is 4.96. The van der Waals surface area contributed by atoms with Gasteiger partial charge in [0.2, 0.25) is 0 Å². The SMILES string of the molecule is COC(=O)C1CCCCC1P(=O)(OC)OC. The van der Waals surface area contributed by atoms with Crippen LogP contribution in [0.4, 0.5) is 0 Å². The van der Waals surface area contributed by atoms with Crippen molar-refractivity contribution in [1.82, 2.24) is 0 Å². The molecular formula is C10H19O5P. The van der Waals surface area contributed by atoms with E-state index in [4.69, 9.17) is 13.8 Å². The number of esters is 1. The number of methoxy groups -OCH3 is 1. The normalized spacial score (nSPS) is 26.4. The predicted octanol–water partition coefficient (Wildman–Crippen LogP) is 2.20. The van der Waals surface area contributed by atoms with Crippen LogP contribution in [0.3, 0.4) is 0 Å². The lowest BCUT2D eigenvalue weighted by Crippen LogP contribution is -2.33. The van der Waals surface area contributed by atoms with Gasteiger partial charge in [-0.15, -0.1) is 0 Å². The second-order valence-electron chi connectivity index (χ2n) is 3.89. The molecule has 0 N–H and O–H groups in total. The van der Waals surface area contributed by atoms with E-state index < -0.39 is 7.60 Å². The molecule has 2 atom stereocenters. The van der Waals surface area contributed by atoms with Crippen molar-refractivity contribution in [2.75, 3.05) is 21.3 Å². The van der Waals surface area contributed by atoms with E-state index in [0.29, 0.717) is 12.8 Å². The van der Waals surface area contributed by atoms with Crippen LogP contribution < -0.4 is 0 Å². The summed E-state index contributed by atoms with van der Waals surface area (Å²) in [6.07, 6.45) is 3.26. The van der Waals surface area contributed by atoms with Gasteiger partial charge in [0, 0.05) is 14.2 Å². The lowest BCUT2D eigenvalue weighted by Gasteiger charge is -2.32. The maximum Gasteiger partial charge on any atom is 0.334 e. The fourth-order valence-corrected chi connectivity index (χ4v) is 4.16. The smallest absolute Gasteiger partial charge is 0.334 e. The van der Waals surface area contributed by atoms with Crippen molar-refractivity contribution in [3.8, 4) is 0 Å². The Morgan fingerprint density at radius 3 is 2.19 bits per heavy atom.